The number of benzene rings is 2. The Morgan fingerprint density at radius 3 is 2.60 bits per heavy atom. The van der Waals surface area contributed by atoms with Crippen LogP contribution in [0.2, 0.25) is 0 Å². The van der Waals surface area contributed by atoms with E-state index in [4.69, 9.17) is 4.74 Å². The van der Waals surface area contributed by atoms with Crippen molar-refractivity contribution in [2.24, 2.45) is 0 Å². The summed E-state index contributed by atoms with van der Waals surface area (Å²) in [5.74, 6) is 0.399. The van der Waals surface area contributed by atoms with Crippen molar-refractivity contribution in [1.29, 1.82) is 0 Å². The van der Waals surface area contributed by atoms with Crippen molar-refractivity contribution >= 4 is 33.9 Å². The van der Waals surface area contributed by atoms with Gasteiger partial charge in [-0.15, -0.1) is 0 Å². The summed E-state index contributed by atoms with van der Waals surface area (Å²) < 4.78 is 6.26. The fourth-order valence-electron chi connectivity index (χ4n) is 2.53. The van der Waals surface area contributed by atoms with E-state index < -0.39 is 6.03 Å². The lowest BCUT2D eigenvalue weighted by molar-refractivity contribution is -0.123. The zero-order valence-corrected chi connectivity index (χ0v) is 15.2. The lowest BCUT2D eigenvalue weighted by Gasteiger charge is -2.11. The fourth-order valence-corrected chi connectivity index (χ4v) is 3.04. The fraction of sp³-hybridized carbons (Fsp3) is 0.158. The molecule has 3 rings (SSSR count). The number of ether oxygens (including phenoxy) is 1. The van der Waals surface area contributed by atoms with Gasteiger partial charge in [0, 0.05) is 0 Å². The van der Waals surface area contributed by atoms with Crippen LogP contribution in [0.1, 0.15) is 18.1 Å². The molecule has 5 nitrogen and oxygen atoms in total. The lowest BCUT2D eigenvalue weighted by atomic mass is 10.1. The van der Waals surface area contributed by atoms with Crippen molar-refractivity contribution in [3.63, 3.8) is 0 Å². The van der Waals surface area contributed by atoms with Gasteiger partial charge in [0.2, 0.25) is 0 Å². The molecule has 0 atom stereocenters. The molecule has 1 fully saturated rings. The van der Waals surface area contributed by atoms with Crippen molar-refractivity contribution in [3.05, 3.63) is 69.8 Å². The molecule has 0 spiro atoms. The summed E-state index contributed by atoms with van der Waals surface area (Å²) in [6.07, 6.45) is 1.66. The Bertz CT molecular complexity index is 834. The normalized spacial score (nSPS) is 15.6. The highest BCUT2D eigenvalue weighted by molar-refractivity contribution is 9.10. The van der Waals surface area contributed by atoms with E-state index in [1.807, 2.05) is 55.5 Å². The Morgan fingerprint density at radius 2 is 1.92 bits per heavy atom. The molecule has 0 bridgehead atoms. The second-order valence-corrected chi connectivity index (χ2v) is 6.34. The summed E-state index contributed by atoms with van der Waals surface area (Å²) in [5.41, 5.74) is 1.95. The van der Waals surface area contributed by atoms with Crippen LogP contribution < -0.4 is 10.1 Å². The molecule has 1 aliphatic heterocycles. The number of hydrogen-bond donors (Lipinski definition) is 1. The third-order valence-electron chi connectivity index (χ3n) is 3.71. The number of nitrogens with zero attached hydrogens (tertiary/aromatic N) is 1. The first-order valence-corrected chi connectivity index (χ1v) is 8.68. The Labute approximate surface area is 154 Å². The van der Waals surface area contributed by atoms with Crippen LogP contribution in [0, 0.1) is 0 Å². The lowest BCUT2D eigenvalue weighted by Crippen LogP contribution is -2.30. The molecule has 0 aromatic heterocycles. The number of hydrogen-bond acceptors (Lipinski definition) is 3. The summed E-state index contributed by atoms with van der Waals surface area (Å²) in [4.78, 5) is 25.8. The minimum atomic E-state index is -0.412. The number of rotatable bonds is 5. The number of imide groups is 1. The first kappa shape index (κ1) is 17.2. The van der Waals surface area contributed by atoms with E-state index in [-0.39, 0.29) is 18.1 Å². The molecule has 2 aromatic carbocycles. The molecule has 1 N–H and O–H groups in total. The highest BCUT2D eigenvalue weighted by Crippen LogP contribution is 2.27. The number of amides is 3. The standard InChI is InChI=1S/C19H17BrN2O3/c1-2-25-17-9-8-14(10-15(17)20)11-16-18(23)22(19(24)21-16)12-13-6-4-3-5-7-13/h3-11H,2,12H2,1H3,(H,21,24). The Balaban J connectivity index is 1.79. The molecule has 2 aromatic rings. The third kappa shape index (κ3) is 3.91. The zero-order valence-electron chi connectivity index (χ0n) is 13.7. The van der Waals surface area contributed by atoms with Gasteiger partial charge in [0.1, 0.15) is 11.4 Å². The van der Waals surface area contributed by atoms with Crippen molar-refractivity contribution in [3.8, 4) is 5.75 Å². The smallest absolute Gasteiger partial charge is 0.329 e. The van der Waals surface area contributed by atoms with E-state index in [9.17, 15) is 9.59 Å². The van der Waals surface area contributed by atoms with Crippen molar-refractivity contribution in [2.75, 3.05) is 6.61 Å². The van der Waals surface area contributed by atoms with Gasteiger partial charge in [0.15, 0.2) is 0 Å². The Morgan fingerprint density at radius 1 is 1.16 bits per heavy atom. The highest BCUT2D eigenvalue weighted by Gasteiger charge is 2.33. The van der Waals surface area contributed by atoms with Gasteiger partial charge in [0.05, 0.1) is 17.6 Å². The Hall–Kier alpha value is -2.60. The van der Waals surface area contributed by atoms with Gasteiger partial charge in [-0.2, -0.15) is 0 Å². The van der Waals surface area contributed by atoms with E-state index in [2.05, 4.69) is 21.2 Å². The first-order chi connectivity index (χ1) is 12.1. The molecular weight excluding hydrogens is 384 g/mol. The van der Waals surface area contributed by atoms with E-state index in [0.717, 1.165) is 21.3 Å². The van der Waals surface area contributed by atoms with Crippen LogP contribution >= 0.6 is 15.9 Å². The van der Waals surface area contributed by atoms with Crippen LogP contribution in [0.4, 0.5) is 4.79 Å². The SMILES string of the molecule is CCOc1ccc(C=C2NC(=O)N(Cc3ccccc3)C2=O)cc1Br. The summed E-state index contributed by atoms with van der Waals surface area (Å²) in [7, 11) is 0. The van der Waals surface area contributed by atoms with Crippen LogP contribution in [0.5, 0.6) is 5.75 Å². The van der Waals surface area contributed by atoms with Crippen LogP contribution in [0.15, 0.2) is 58.7 Å². The number of nitrogens with one attached hydrogen (secondary N) is 1. The summed E-state index contributed by atoms with van der Waals surface area (Å²) >= 11 is 3.44. The van der Waals surface area contributed by atoms with Gasteiger partial charge in [-0.25, -0.2) is 4.79 Å². The van der Waals surface area contributed by atoms with Crippen LogP contribution in [0.3, 0.4) is 0 Å². The minimum Gasteiger partial charge on any atom is -0.493 e. The number of urea groups is 1. The molecular formula is C19H17BrN2O3. The van der Waals surface area contributed by atoms with Crippen molar-refractivity contribution in [2.45, 2.75) is 13.5 Å². The molecule has 1 saturated heterocycles. The topological polar surface area (TPSA) is 58.6 Å². The van der Waals surface area contributed by atoms with Gasteiger partial charge in [-0.3, -0.25) is 9.69 Å². The molecule has 0 unspecified atom stereocenters. The number of halogens is 1. The molecule has 0 radical (unpaired) electrons. The summed E-state index contributed by atoms with van der Waals surface area (Å²) in [5, 5.41) is 2.63. The third-order valence-corrected chi connectivity index (χ3v) is 4.33. The van der Waals surface area contributed by atoms with Crippen LogP contribution in [0.25, 0.3) is 6.08 Å². The molecule has 128 valence electrons. The maximum Gasteiger partial charge on any atom is 0.329 e. The minimum absolute atomic E-state index is 0.246. The second kappa shape index (κ2) is 7.53. The molecule has 3 amide bonds. The van der Waals surface area contributed by atoms with Gasteiger partial charge in [0.25, 0.3) is 5.91 Å². The predicted molar refractivity (Wildman–Crippen MR) is 98.8 cm³/mol. The Kier molecular flexibility index (Phi) is 5.19. The van der Waals surface area contributed by atoms with Gasteiger partial charge < -0.3 is 10.1 Å². The van der Waals surface area contributed by atoms with E-state index in [0.29, 0.717) is 6.61 Å². The first-order valence-electron chi connectivity index (χ1n) is 7.89. The predicted octanol–water partition coefficient (Wildman–Crippen LogP) is 3.94. The van der Waals surface area contributed by atoms with Crippen molar-refractivity contribution < 1.29 is 14.3 Å². The van der Waals surface area contributed by atoms with Crippen molar-refractivity contribution in [1.82, 2.24) is 10.2 Å². The average Bonchev–Trinajstić information content (AvgIpc) is 2.86. The molecule has 0 saturated carbocycles. The van der Waals surface area contributed by atoms with Gasteiger partial charge in [-0.1, -0.05) is 36.4 Å². The number of carbonyl (C=O) groups is 2. The van der Waals surface area contributed by atoms with Gasteiger partial charge in [-0.05, 0) is 52.2 Å². The number of carbonyl (C=O) groups excluding carboxylic acids is 2. The monoisotopic (exact) mass is 400 g/mol. The molecule has 25 heavy (non-hydrogen) atoms. The molecule has 6 heteroatoms. The van der Waals surface area contributed by atoms with Crippen LogP contribution in [-0.4, -0.2) is 23.4 Å². The quantitative estimate of drug-likeness (QED) is 0.610. The van der Waals surface area contributed by atoms with E-state index in [1.165, 1.54) is 4.90 Å². The maximum absolute atomic E-state index is 12.5. The zero-order chi connectivity index (χ0) is 17.8. The highest BCUT2D eigenvalue weighted by atomic mass is 79.9. The maximum atomic E-state index is 12.5. The van der Waals surface area contributed by atoms with Gasteiger partial charge >= 0.3 is 6.03 Å². The largest absolute Gasteiger partial charge is 0.493 e. The summed E-state index contributed by atoms with van der Waals surface area (Å²) in [6.45, 7) is 2.73. The molecule has 1 heterocycles. The second-order valence-electron chi connectivity index (χ2n) is 5.49. The van der Waals surface area contributed by atoms with E-state index in [1.54, 1.807) is 6.08 Å². The average molecular weight is 401 g/mol. The molecule has 0 aliphatic carbocycles. The molecule has 1 aliphatic rings. The van der Waals surface area contributed by atoms with E-state index >= 15 is 0 Å². The summed E-state index contributed by atoms with van der Waals surface area (Å²) in [6, 6.07) is 14.5. The van der Waals surface area contributed by atoms with Crippen LogP contribution in [-0.2, 0) is 11.3 Å².